The van der Waals surface area contributed by atoms with Crippen LogP contribution in [0.25, 0.3) is 0 Å². The summed E-state index contributed by atoms with van der Waals surface area (Å²) in [4.78, 5) is 6.92. The number of nitrogens with zero attached hydrogens (tertiary/aromatic N) is 4. The van der Waals surface area contributed by atoms with Crippen molar-refractivity contribution in [2.24, 2.45) is 0 Å². The van der Waals surface area contributed by atoms with Crippen molar-refractivity contribution >= 4 is 11.6 Å². The maximum Gasteiger partial charge on any atom is 0.122 e. The van der Waals surface area contributed by atoms with Gasteiger partial charge in [-0.3, -0.25) is 4.90 Å². The second kappa shape index (κ2) is 5.02. The topological polar surface area (TPSA) is 26.0 Å². The molecule has 102 valence electrons. The molecule has 0 aliphatic carbocycles. The Bertz CT molecular complexity index is 572. The summed E-state index contributed by atoms with van der Waals surface area (Å²) < 4.78 is 4.41. The van der Waals surface area contributed by atoms with Gasteiger partial charge in [0.25, 0.3) is 0 Å². The highest BCUT2D eigenvalue weighted by atomic mass is 35.5. The maximum atomic E-state index is 6.19. The molecule has 3 heterocycles. The van der Waals surface area contributed by atoms with Gasteiger partial charge in [0.15, 0.2) is 0 Å². The molecule has 0 amide bonds. The van der Waals surface area contributed by atoms with E-state index in [1.54, 1.807) is 0 Å². The van der Waals surface area contributed by atoms with Gasteiger partial charge >= 0.3 is 0 Å². The van der Waals surface area contributed by atoms with Crippen LogP contribution in [0, 0.1) is 0 Å². The lowest BCUT2D eigenvalue weighted by molar-refractivity contribution is 0.155. The Balaban J connectivity index is 1.81. The van der Waals surface area contributed by atoms with E-state index in [1.807, 2.05) is 18.5 Å². The Morgan fingerprint density at radius 2 is 2.21 bits per heavy atom. The molecule has 0 aromatic carbocycles. The maximum absolute atomic E-state index is 6.19. The minimum Gasteiger partial charge on any atom is -0.334 e. The lowest BCUT2D eigenvalue weighted by atomic mass is 10.1. The van der Waals surface area contributed by atoms with Gasteiger partial charge in [-0.1, -0.05) is 11.6 Å². The van der Waals surface area contributed by atoms with Gasteiger partial charge in [-0.25, -0.2) is 4.98 Å². The van der Waals surface area contributed by atoms with Crippen LogP contribution in [0.2, 0.25) is 5.15 Å². The van der Waals surface area contributed by atoms with Crippen LogP contribution in [0.3, 0.4) is 0 Å². The van der Waals surface area contributed by atoms with Crippen LogP contribution < -0.4 is 0 Å². The first-order valence-electron chi connectivity index (χ1n) is 6.79. The summed E-state index contributed by atoms with van der Waals surface area (Å²) in [7, 11) is 0. The molecule has 1 unspecified atom stereocenters. The molecule has 3 rings (SSSR count). The summed E-state index contributed by atoms with van der Waals surface area (Å²) in [5.41, 5.74) is 1.30. The average molecular weight is 279 g/mol. The minimum absolute atomic E-state index is 0.378. The minimum atomic E-state index is 0.378. The van der Waals surface area contributed by atoms with Crippen molar-refractivity contribution in [1.29, 1.82) is 0 Å². The Hall–Kier alpha value is -1.26. The molecule has 0 saturated heterocycles. The molecular formula is C14H19ClN4. The number of imidazole rings is 1. The van der Waals surface area contributed by atoms with Crippen molar-refractivity contribution in [3.05, 3.63) is 41.2 Å². The van der Waals surface area contributed by atoms with Gasteiger partial charge < -0.3 is 9.13 Å². The lowest BCUT2D eigenvalue weighted by Crippen LogP contribution is -2.36. The van der Waals surface area contributed by atoms with E-state index >= 15 is 0 Å². The van der Waals surface area contributed by atoms with Gasteiger partial charge in [-0.2, -0.15) is 0 Å². The first-order valence-corrected chi connectivity index (χ1v) is 7.17. The molecule has 0 spiro atoms. The molecule has 4 nitrogen and oxygen atoms in total. The van der Waals surface area contributed by atoms with Crippen molar-refractivity contribution in [1.82, 2.24) is 19.0 Å². The first kappa shape index (κ1) is 12.8. The highest BCUT2D eigenvalue weighted by molar-refractivity contribution is 6.29. The van der Waals surface area contributed by atoms with Crippen LogP contribution in [0.15, 0.2) is 24.5 Å². The average Bonchev–Trinajstić information content (AvgIpc) is 3.00. The Labute approximate surface area is 118 Å². The Morgan fingerprint density at radius 1 is 1.37 bits per heavy atom. The van der Waals surface area contributed by atoms with E-state index < -0.39 is 0 Å². The molecule has 1 aliphatic rings. The molecule has 19 heavy (non-hydrogen) atoms. The fourth-order valence-electron chi connectivity index (χ4n) is 2.84. The molecule has 0 bridgehead atoms. The van der Waals surface area contributed by atoms with E-state index in [2.05, 4.69) is 38.9 Å². The summed E-state index contributed by atoms with van der Waals surface area (Å²) in [5, 5.41) is 0.844. The van der Waals surface area contributed by atoms with E-state index in [0.29, 0.717) is 6.04 Å². The molecule has 0 radical (unpaired) electrons. The summed E-state index contributed by atoms with van der Waals surface area (Å²) in [5.74, 6) is 1.14. The number of aryl methyl sites for hydroxylation is 1. The Kier molecular flexibility index (Phi) is 3.37. The van der Waals surface area contributed by atoms with Gasteiger partial charge in [-0.05, 0) is 26.0 Å². The first-order chi connectivity index (χ1) is 9.20. The summed E-state index contributed by atoms with van der Waals surface area (Å²) in [6.07, 6.45) is 3.93. The van der Waals surface area contributed by atoms with Crippen molar-refractivity contribution in [3.8, 4) is 0 Å². The van der Waals surface area contributed by atoms with Crippen LogP contribution in [0.1, 0.15) is 31.4 Å². The van der Waals surface area contributed by atoms with E-state index in [4.69, 9.17) is 11.6 Å². The number of fused-ring (bicyclic) bond motifs is 1. The molecule has 0 N–H and O–H groups in total. The predicted octanol–water partition coefficient (Wildman–Crippen LogP) is 2.93. The third-order valence-electron chi connectivity index (χ3n) is 4.03. The molecule has 2 aromatic rings. The fourth-order valence-corrected chi connectivity index (χ4v) is 3.09. The third kappa shape index (κ3) is 2.19. The van der Waals surface area contributed by atoms with Crippen LogP contribution in [-0.4, -0.2) is 25.6 Å². The van der Waals surface area contributed by atoms with Gasteiger partial charge in [0.05, 0.1) is 6.54 Å². The van der Waals surface area contributed by atoms with E-state index in [-0.39, 0.29) is 0 Å². The summed E-state index contributed by atoms with van der Waals surface area (Å²) in [6, 6.07) is 4.50. The number of halogens is 1. The highest BCUT2D eigenvalue weighted by Gasteiger charge is 2.25. The summed E-state index contributed by atoms with van der Waals surface area (Å²) >= 11 is 6.19. The molecule has 0 saturated carbocycles. The van der Waals surface area contributed by atoms with Gasteiger partial charge in [-0.15, -0.1) is 0 Å². The van der Waals surface area contributed by atoms with Gasteiger partial charge in [0.1, 0.15) is 11.0 Å². The zero-order valence-corrected chi connectivity index (χ0v) is 12.1. The number of hydrogen-bond donors (Lipinski definition) is 0. The standard InChI is InChI=1S/C14H19ClN4/c1-3-17-7-6-16-14(17)10-18-8-9-19-12(11(18)2)4-5-13(19)15/h4-7,11H,3,8-10H2,1-2H3. The third-order valence-corrected chi connectivity index (χ3v) is 4.36. The lowest BCUT2D eigenvalue weighted by Gasteiger charge is -2.34. The van der Waals surface area contributed by atoms with E-state index in [9.17, 15) is 0 Å². The van der Waals surface area contributed by atoms with Crippen LogP contribution >= 0.6 is 11.6 Å². The fraction of sp³-hybridized carbons (Fsp3) is 0.500. The molecule has 1 atom stereocenters. The quantitative estimate of drug-likeness (QED) is 0.863. The zero-order chi connectivity index (χ0) is 13.4. The Morgan fingerprint density at radius 3 is 3.00 bits per heavy atom. The van der Waals surface area contributed by atoms with Crippen molar-refractivity contribution < 1.29 is 0 Å². The van der Waals surface area contributed by atoms with Gasteiger partial charge in [0.2, 0.25) is 0 Å². The number of rotatable bonds is 3. The second-order valence-corrected chi connectivity index (χ2v) is 5.40. The van der Waals surface area contributed by atoms with Gasteiger partial charge in [0, 0.05) is 43.8 Å². The SMILES string of the molecule is CCn1ccnc1CN1CCn2c(Cl)ccc2C1C. The smallest absolute Gasteiger partial charge is 0.122 e. The zero-order valence-electron chi connectivity index (χ0n) is 11.4. The van der Waals surface area contributed by atoms with Crippen molar-refractivity contribution in [3.63, 3.8) is 0 Å². The van der Waals surface area contributed by atoms with E-state index in [1.165, 1.54) is 5.69 Å². The van der Waals surface area contributed by atoms with Crippen molar-refractivity contribution in [2.75, 3.05) is 6.54 Å². The van der Waals surface area contributed by atoms with E-state index in [0.717, 1.165) is 37.2 Å². The number of aromatic nitrogens is 3. The largest absolute Gasteiger partial charge is 0.334 e. The predicted molar refractivity (Wildman–Crippen MR) is 76.2 cm³/mol. The van der Waals surface area contributed by atoms with Crippen molar-refractivity contribution in [2.45, 2.75) is 39.5 Å². The highest BCUT2D eigenvalue weighted by Crippen LogP contribution is 2.30. The molecule has 2 aromatic heterocycles. The normalized spacial score (nSPS) is 19.6. The second-order valence-electron chi connectivity index (χ2n) is 5.01. The summed E-state index contributed by atoms with van der Waals surface area (Å²) in [6.45, 7) is 8.22. The molecular weight excluding hydrogens is 260 g/mol. The van der Waals surface area contributed by atoms with Crippen LogP contribution in [0.4, 0.5) is 0 Å². The van der Waals surface area contributed by atoms with Crippen LogP contribution in [-0.2, 0) is 19.6 Å². The monoisotopic (exact) mass is 278 g/mol. The molecule has 0 fully saturated rings. The number of hydrogen-bond acceptors (Lipinski definition) is 2. The molecule has 1 aliphatic heterocycles. The van der Waals surface area contributed by atoms with Crippen LogP contribution in [0.5, 0.6) is 0 Å². The molecule has 5 heteroatoms.